The summed E-state index contributed by atoms with van der Waals surface area (Å²) in [5.74, 6) is 0.298. The first-order valence-corrected chi connectivity index (χ1v) is 9.72. The molecule has 8 heteroatoms. The molecule has 0 aliphatic heterocycles. The molecule has 0 bridgehead atoms. The molecule has 1 atom stereocenters. The van der Waals surface area contributed by atoms with Crippen molar-refractivity contribution >= 4 is 5.91 Å². The number of fused-ring (bicyclic) bond motifs is 1. The average molecular weight is 397 g/mol. The van der Waals surface area contributed by atoms with E-state index in [1.165, 1.54) is 12.1 Å². The van der Waals surface area contributed by atoms with Crippen LogP contribution in [0.15, 0.2) is 34.9 Å². The van der Waals surface area contributed by atoms with Gasteiger partial charge in [0.1, 0.15) is 5.82 Å². The lowest BCUT2D eigenvalue weighted by molar-refractivity contribution is 0.0944. The van der Waals surface area contributed by atoms with Crippen LogP contribution in [0.2, 0.25) is 0 Å². The first-order valence-electron chi connectivity index (χ1n) is 9.72. The molecule has 152 valence electrons. The molecule has 0 saturated carbocycles. The average Bonchev–Trinajstić information content (AvgIpc) is 3.28. The van der Waals surface area contributed by atoms with Crippen LogP contribution in [0, 0.1) is 12.7 Å². The number of carbonyl (C=O) groups is 1. The third-order valence-electron chi connectivity index (χ3n) is 5.28. The largest absolute Gasteiger partial charge is 0.360 e. The second-order valence-corrected chi connectivity index (χ2v) is 7.46. The number of benzene rings is 1. The Bertz CT molecular complexity index is 1010. The Hall–Kier alpha value is -3.00. The molecule has 7 nitrogen and oxygen atoms in total. The number of nitrogens with one attached hydrogen (secondary N) is 2. The number of nitrogens with zero attached hydrogens (tertiary/aromatic N) is 3. The molecule has 29 heavy (non-hydrogen) atoms. The molecular formula is C21H24FN5O2. The summed E-state index contributed by atoms with van der Waals surface area (Å²) in [7, 11) is 1.88. The number of carbonyl (C=O) groups excluding carboxylic acids is 1. The Morgan fingerprint density at radius 1 is 1.31 bits per heavy atom. The van der Waals surface area contributed by atoms with Gasteiger partial charge in [0.2, 0.25) is 0 Å². The maximum Gasteiger partial charge on any atom is 0.272 e. The molecule has 2 aromatic heterocycles. The van der Waals surface area contributed by atoms with Gasteiger partial charge in [0.05, 0.1) is 12.2 Å². The maximum absolute atomic E-state index is 13.0. The zero-order valence-corrected chi connectivity index (χ0v) is 16.5. The quantitative estimate of drug-likeness (QED) is 0.667. The van der Waals surface area contributed by atoms with E-state index in [-0.39, 0.29) is 17.8 Å². The predicted octanol–water partition coefficient (Wildman–Crippen LogP) is 2.43. The second-order valence-electron chi connectivity index (χ2n) is 7.46. The van der Waals surface area contributed by atoms with Crippen molar-refractivity contribution < 1.29 is 13.7 Å². The van der Waals surface area contributed by atoms with Crippen LogP contribution < -0.4 is 10.6 Å². The highest BCUT2D eigenvalue weighted by Crippen LogP contribution is 2.25. The minimum atomic E-state index is -0.294. The molecule has 1 aromatic carbocycles. The van der Waals surface area contributed by atoms with Gasteiger partial charge in [-0.3, -0.25) is 9.48 Å². The van der Waals surface area contributed by atoms with Gasteiger partial charge in [-0.25, -0.2) is 4.39 Å². The molecule has 0 spiro atoms. The molecule has 0 saturated heterocycles. The molecule has 0 fully saturated rings. The number of halogens is 1. The fraction of sp³-hybridized carbons (Fsp3) is 0.381. The van der Waals surface area contributed by atoms with Gasteiger partial charge < -0.3 is 15.2 Å². The van der Waals surface area contributed by atoms with E-state index in [0.29, 0.717) is 18.8 Å². The number of amides is 1. The SMILES string of the molecule is Cc1cc(CNC2CCc3c(c(C(=O)NCc4ccc(F)cc4)nn3C)C2)on1. The maximum atomic E-state index is 13.0. The van der Waals surface area contributed by atoms with Crippen LogP contribution in [0.5, 0.6) is 0 Å². The number of hydrogen-bond donors (Lipinski definition) is 2. The van der Waals surface area contributed by atoms with Crippen molar-refractivity contribution in [1.82, 2.24) is 25.6 Å². The van der Waals surface area contributed by atoms with Gasteiger partial charge in [0.25, 0.3) is 5.91 Å². The minimum Gasteiger partial charge on any atom is -0.360 e. The standard InChI is InChI=1S/C21H24FN5O2/c1-13-9-17(29-26-13)12-23-16-7-8-19-18(10-16)20(25-27(19)2)21(28)24-11-14-3-5-15(22)6-4-14/h3-6,9,16,23H,7-8,10-12H2,1-2H3,(H,24,28). The van der Waals surface area contributed by atoms with E-state index < -0.39 is 0 Å². The second kappa shape index (κ2) is 8.16. The van der Waals surface area contributed by atoms with E-state index in [9.17, 15) is 9.18 Å². The third-order valence-corrected chi connectivity index (χ3v) is 5.28. The first kappa shape index (κ1) is 19.3. The zero-order chi connectivity index (χ0) is 20.4. The van der Waals surface area contributed by atoms with Gasteiger partial charge in [0, 0.05) is 37.0 Å². The predicted molar refractivity (Wildman–Crippen MR) is 105 cm³/mol. The van der Waals surface area contributed by atoms with Gasteiger partial charge in [-0.15, -0.1) is 0 Å². The number of hydrogen-bond acceptors (Lipinski definition) is 5. The van der Waals surface area contributed by atoms with Crippen molar-refractivity contribution in [3.63, 3.8) is 0 Å². The Kier molecular flexibility index (Phi) is 5.44. The van der Waals surface area contributed by atoms with Crippen molar-refractivity contribution in [2.45, 2.75) is 45.3 Å². The fourth-order valence-corrected chi connectivity index (χ4v) is 3.76. The normalized spacial score (nSPS) is 15.9. The highest BCUT2D eigenvalue weighted by atomic mass is 19.1. The van der Waals surface area contributed by atoms with Crippen LogP contribution in [0.3, 0.4) is 0 Å². The molecule has 0 radical (unpaired) electrons. The van der Waals surface area contributed by atoms with Crippen LogP contribution in [0.1, 0.15) is 45.2 Å². The zero-order valence-electron chi connectivity index (χ0n) is 16.5. The summed E-state index contributed by atoms with van der Waals surface area (Å²) < 4.78 is 20.1. The molecule has 1 amide bonds. The molecular weight excluding hydrogens is 373 g/mol. The summed E-state index contributed by atoms with van der Waals surface area (Å²) in [5.41, 5.74) is 4.25. The van der Waals surface area contributed by atoms with Gasteiger partial charge in [0.15, 0.2) is 11.5 Å². The molecule has 1 unspecified atom stereocenters. The van der Waals surface area contributed by atoms with E-state index >= 15 is 0 Å². The Labute approximate surface area is 168 Å². The Morgan fingerprint density at radius 3 is 2.83 bits per heavy atom. The van der Waals surface area contributed by atoms with Crippen LogP contribution in [-0.4, -0.2) is 26.9 Å². The minimum absolute atomic E-state index is 0.210. The summed E-state index contributed by atoms with van der Waals surface area (Å²) in [6.45, 7) is 2.83. The van der Waals surface area contributed by atoms with Gasteiger partial charge in [-0.2, -0.15) is 5.10 Å². The smallest absolute Gasteiger partial charge is 0.272 e. The van der Waals surface area contributed by atoms with Crippen molar-refractivity contribution in [3.05, 3.63) is 70.1 Å². The van der Waals surface area contributed by atoms with E-state index in [4.69, 9.17) is 4.52 Å². The van der Waals surface area contributed by atoms with Gasteiger partial charge in [-0.05, 0) is 43.9 Å². The van der Waals surface area contributed by atoms with Gasteiger partial charge >= 0.3 is 0 Å². The Balaban J connectivity index is 1.41. The van der Waals surface area contributed by atoms with Gasteiger partial charge in [-0.1, -0.05) is 17.3 Å². The molecule has 4 rings (SSSR count). The number of aromatic nitrogens is 3. The highest BCUT2D eigenvalue weighted by molar-refractivity contribution is 5.94. The number of rotatable bonds is 6. The summed E-state index contributed by atoms with van der Waals surface area (Å²) in [4.78, 5) is 12.8. The van der Waals surface area contributed by atoms with Crippen LogP contribution in [-0.2, 0) is 33.0 Å². The summed E-state index contributed by atoms with van der Waals surface area (Å²) >= 11 is 0. The molecule has 2 N–H and O–H groups in total. The van der Waals surface area contributed by atoms with Crippen molar-refractivity contribution in [2.24, 2.45) is 7.05 Å². The molecule has 1 aliphatic rings. The molecule has 3 aromatic rings. The first-order chi connectivity index (χ1) is 14.0. The van der Waals surface area contributed by atoms with Crippen molar-refractivity contribution in [3.8, 4) is 0 Å². The summed E-state index contributed by atoms with van der Waals surface area (Å²) in [6, 6.07) is 8.25. The van der Waals surface area contributed by atoms with Crippen LogP contribution in [0.4, 0.5) is 4.39 Å². The lowest BCUT2D eigenvalue weighted by Gasteiger charge is -2.23. The van der Waals surface area contributed by atoms with Crippen LogP contribution >= 0.6 is 0 Å². The summed E-state index contributed by atoms with van der Waals surface area (Å²) in [5, 5.41) is 14.8. The Morgan fingerprint density at radius 2 is 2.10 bits per heavy atom. The fourth-order valence-electron chi connectivity index (χ4n) is 3.76. The van der Waals surface area contributed by atoms with Crippen molar-refractivity contribution in [2.75, 3.05) is 0 Å². The molecule has 2 heterocycles. The number of aryl methyl sites for hydroxylation is 2. The summed E-state index contributed by atoms with van der Waals surface area (Å²) in [6.07, 6.45) is 2.56. The third kappa shape index (κ3) is 4.37. The van der Waals surface area contributed by atoms with E-state index in [2.05, 4.69) is 20.9 Å². The lowest BCUT2D eigenvalue weighted by Crippen LogP contribution is -2.35. The van der Waals surface area contributed by atoms with Crippen LogP contribution in [0.25, 0.3) is 0 Å². The van der Waals surface area contributed by atoms with Crippen molar-refractivity contribution in [1.29, 1.82) is 0 Å². The van der Waals surface area contributed by atoms with E-state index in [1.807, 2.05) is 20.0 Å². The van der Waals surface area contributed by atoms with E-state index in [1.54, 1.807) is 16.8 Å². The topological polar surface area (TPSA) is 85.0 Å². The molecule has 1 aliphatic carbocycles. The monoisotopic (exact) mass is 397 g/mol. The highest BCUT2D eigenvalue weighted by Gasteiger charge is 2.28. The van der Waals surface area contributed by atoms with E-state index in [0.717, 1.165) is 47.5 Å². The lowest BCUT2D eigenvalue weighted by atomic mass is 9.91.